The average molecular weight is 324 g/mol. The number of hydrogen-bond acceptors (Lipinski definition) is 4. The van der Waals surface area contributed by atoms with Crippen molar-refractivity contribution in [2.24, 2.45) is 17.8 Å². The second kappa shape index (κ2) is 4.67. The summed E-state index contributed by atoms with van der Waals surface area (Å²) >= 11 is 3.19. The third-order valence-electron chi connectivity index (χ3n) is 4.15. The zero-order chi connectivity index (χ0) is 13.6. The molecule has 2 fully saturated rings. The van der Waals surface area contributed by atoms with E-state index in [-0.39, 0.29) is 23.7 Å². The van der Waals surface area contributed by atoms with E-state index in [2.05, 4.69) is 32.8 Å². The van der Waals surface area contributed by atoms with Crippen molar-refractivity contribution in [2.75, 3.05) is 4.90 Å². The molecule has 2 atom stereocenters. The molecule has 1 aliphatic heterocycles. The standard InChI is InChI=1S/C13H14BrN3O2/c1-2-7-3-8-9(4-7)13(19)17(12(8)18)11-6-15-10(14)5-16-11/h5-9H,2-4H2,1H3. The van der Waals surface area contributed by atoms with Gasteiger partial charge in [0.1, 0.15) is 4.60 Å². The molecule has 5 nitrogen and oxygen atoms in total. The van der Waals surface area contributed by atoms with E-state index >= 15 is 0 Å². The SMILES string of the molecule is CCC1CC2C(=O)N(c3cnc(Br)cn3)C(=O)C2C1. The summed E-state index contributed by atoms with van der Waals surface area (Å²) in [5.41, 5.74) is 0. The smallest absolute Gasteiger partial charge is 0.238 e. The molecule has 100 valence electrons. The highest BCUT2D eigenvalue weighted by atomic mass is 79.9. The number of halogens is 1. The molecule has 2 amide bonds. The van der Waals surface area contributed by atoms with Crippen LogP contribution in [0.2, 0.25) is 0 Å². The van der Waals surface area contributed by atoms with Gasteiger partial charge in [0.15, 0.2) is 5.82 Å². The Balaban J connectivity index is 1.88. The highest BCUT2D eigenvalue weighted by Crippen LogP contribution is 2.45. The lowest BCUT2D eigenvalue weighted by Gasteiger charge is -2.15. The molecule has 1 aromatic rings. The van der Waals surface area contributed by atoms with Crippen molar-refractivity contribution in [1.82, 2.24) is 9.97 Å². The molecule has 6 heteroatoms. The van der Waals surface area contributed by atoms with Gasteiger partial charge in [0.05, 0.1) is 24.2 Å². The number of anilines is 1. The Hall–Kier alpha value is -1.30. The number of hydrogen-bond donors (Lipinski definition) is 0. The third kappa shape index (κ3) is 1.98. The Morgan fingerprint density at radius 2 is 1.84 bits per heavy atom. The summed E-state index contributed by atoms with van der Waals surface area (Å²) in [7, 11) is 0. The van der Waals surface area contributed by atoms with Crippen LogP contribution in [0.25, 0.3) is 0 Å². The molecule has 0 bridgehead atoms. The molecule has 2 heterocycles. The fourth-order valence-electron chi connectivity index (χ4n) is 3.11. The van der Waals surface area contributed by atoms with Gasteiger partial charge in [-0.15, -0.1) is 0 Å². The minimum atomic E-state index is -0.150. The number of amides is 2. The largest absolute Gasteiger partial charge is 0.274 e. The van der Waals surface area contributed by atoms with Gasteiger partial charge < -0.3 is 0 Å². The number of fused-ring (bicyclic) bond motifs is 1. The summed E-state index contributed by atoms with van der Waals surface area (Å²) in [6.45, 7) is 2.11. The average Bonchev–Trinajstić information content (AvgIpc) is 2.93. The van der Waals surface area contributed by atoms with Gasteiger partial charge in [0.25, 0.3) is 0 Å². The van der Waals surface area contributed by atoms with Crippen molar-refractivity contribution in [2.45, 2.75) is 26.2 Å². The predicted octanol–water partition coefficient (Wildman–Crippen LogP) is 2.16. The highest BCUT2D eigenvalue weighted by molar-refractivity contribution is 9.10. The minimum absolute atomic E-state index is 0.109. The van der Waals surface area contributed by atoms with Crippen LogP contribution in [-0.4, -0.2) is 21.8 Å². The molecule has 2 unspecified atom stereocenters. The number of carbonyl (C=O) groups is 2. The van der Waals surface area contributed by atoms with E-state index in [1.165, 1.54) is 17.3 Å². The molecule has 1 saturated carbocycles. The lowest BCUT2D eigenvalue weighted by molar-refractivity contribution is -0.123. The van der Waals surface area contributed by atoms with Crippen molar-refractivity contribution in [3.63, 3.8) is 0 Å². The molecule has 2 aliphatic rings. The Morgan fingerprint density at radius 3 is 2.32 bits per heavy atom. The van der Waals surface area contributed by atoms with Gasteiger partial charge in [0, 0.05) is 0 Å². The van der Waals surface area contributed by atoms with Gasteiger partial charge in [0.2, 0.25) is 11.8 Å². The number of nitrogens with zero attached hydrogens (tertiary/aromatic N) is 3. The Morgan fingerprint density at radius 1 is 1.21 bits per heavy atom. The molecule has 1 aliphatic carbocycles. The molecule has 1 aromatic heterocycles. The zero-order valence-electron chi connectivity index (χ0n) is 10.5. The van der Waals surface area contributed by atoms with E-state index in [0.717, 1.165) is 19.3 Å². The van der Waals surface area contributed by atoms with E-state index < -0.39 is 0 Å². The van der Waals surface area contributed by atoms with Crippen LogP contribution < -0.4 is 4.90 Å². The number of imide groups is 1. The normalized spacial score (nSPS) is 30.0. The van der Waals surface area contributed by atoms with Gasteiger partial charge >= 0.3 is 0 Å². The van der Waals surface area contributed by atoms with Crippen LogP contribution in [0.3, 0.4) is 0 Å². The molecular formula is C13H14BrN3O2. The molecule has 0 radical (unpaired) electrons. The Bertz CT molecular complexity index is 507. The second-order valence-electron chi connectivity index (χ2n) is 5.17. The van der Waals surface area contributed by atoms with Gasteiger partial charge in [-0.2, -0.15) is 0 Å². The topological polar surface area (TPSA) is 63.2 Å². The van der Waals surface area contributed by atoms with E-state index in [1.807, 2.05) is 0 Å². The summed E-state index contributed by atoms with van der Waals surface area (Å²) < 4.78 is 0.585. The number of aromatic nitrogens is 2. The van der Waals surface area contributed by atoms with Crippen LogP contribution >= 0.6 is 15.9 Å². The Labute approximate surface area is 119 Å². The monoisotopic (exact) mass is 323 g/mol. The maximum absolute atomic E-state index is 12.4. The lowest BCUT2D eigenvalue weighted by atomic mass is 10.00. The van der Waals surface area contributed by atoms with Crippen LogP contribution in [0.4, 0.5) is 5.82 Å². The molecular weight excluding hydrogens is 310 g/mol. The van der Waals surface area contributed by atoms with Crippen molar-refractivity contribution in [3.05, 3.63) is 17.0 Å². The molecule has 0 N–H and O–H groups in total. The van der Waals surface area contributed by atoms with Crippen LogP contribution in [0.5, 0.6) is 0 Å². The summed E-state index contributed by atoms with van der Waals surface area (Å²) in [5.74, 6) is 0.317. The first kappa shape index (κ1) is 12.7. The number of rotatable bonds is 2. The van der Waals surface area contributed by atoms with Crippen molar-refractivity contribution >= 4 is 33.6 Å². The summed E-state index contributed by atoms with van der Waals surface area (Å²) in [6.07, 6.45) is 5.64. The van der Waals surface area contributed by atoms with Gasteiger partial charge in [-0.1, -0.05) is 13.3 Å². The van der Waals surface area contributed by atoms with Crippen LogP contribution in [0.1, 0.15) is 26.2 Å². The zero-order valence-corrected chi connectivity index (χ0v) is 12.1. The minimum Gasteiger partial charge on any atom is -0.274 e. The maximum Gasteiger partial charge on any atom is 0.238 e. The highest BCUT2D eigenvalue weighted by Gasteiger charge is 2.53. The van der Waals surface area contributed by atoms with E-state index in [1.54, 1.807) is 0 Å². The van der Waals surface area contributed by atoms with Gasteiger partial charge in [-0.05, 0) is 34.7 Å². The van der Waals surface area contributed by atoms with E-state index in [9.17, 15) is 9.59 Å². The molecule has 1 saturated heterocycles. The first-order valence-electron chi connectivity index (χ1n) is 6.47. The Kier molecular flexibility index (Phi) is 3.12. The van der Waals surface area contributed by atoms with Crippen LogP contribution in [0, 0.1) is 17.8 Å². The summed E-state index contributed by atoms with van der Waals surface area (Å²) in [4.78, 5) is 34.1. The quantitative estimate of drug-likeness (QED) is 0.782. The van der Waals surface area contributed by atoms with E-state index in [4.69, 9.17) is 0 Å². The summed E-state index contributed by atoms with van der Waals surface area (Å²) in [5, 5.41) is 0. The number of carbonyl (C=O) groups excluding carboxylic acids is 2. The first-order valence-corrected chi connectivity index (χ1v) is 7.26. The molecule has 3 rings (SSSR count). The lowest BCUT2D eigenvalue weighted by Crippen LogP contribution is -2.33. The molecule has 0 spiro atoms. The van der Waals surface area contributed by atoms with Gasteiger partial charge in [-0.25, -0.2) is 14.9 Å². The predicted molar refractivity (Wildman–Crippen MR) is 72.2 cm³/mol. The van der Waals surface area contributed by atoms with Gasteiger partial charge in [-0.3, -0.25) is 9.59 Å². The second-order valence-corrected chi connectivity index (χ2v) is 5.98. The molecule has 19 heavy (non-hydrogen) atoms. The maximum atomic E-state index is 12.4. The summed E-state index contributed by atoms with van der Waals surface area (Å²) in [6, 6.07) is 0. The third-order valence-corrected chi connectivity index (χ3v) is 4.56. The van der Waals surface area contributed by atoms with Crippen LogP contribution in [0.15, 0.2) is 17.0 Å². The van der Waals surface area contributed by atoms with Crippen molar-refractivity contribution in [3.8, 4) is 0 Å². The fourth-order valence-corrected chi connectivity index (χ4v) is 3.31. The van der Waals surface area contributed by atoms with Crippen LogP contribution in [-0.2, 0) is 9.59 Å². The van der Waals surface area contributed by atoms with Crippen molar-refractivity contribution in [1.29, 1.82) is 0 Å². The van der Waals surface area contributed by atoms with Crippen molar-refractivity contribution < 1.29 is 9.59 Å². The molecule has 0 aromatic carbocycles. The van der Waals surface area contributed by atoms with E-state index in [0.29, 0.717) is 16.3 Å². The first-order chi connectivity index (χ1) is 9.11. The fraction of sp³-hybridized carbons (Fsp3) is 0.538.